The molecule has 3 nitrogen and oxygen atoms in total. The molecule has 1 aliphatic heterocycles. The number of rotatable bonds is 2. The fourth-order valence-electron chi connectivity index (χ4n) is 2.88. The van der Waals surface area contributed by atoms with Crippen LogP contribution in [0.5, 0.6) is 0 Å². The zero-order valence-corrected chi connectivity index (χ0v) is 12.0. The third kappa shape index (κ3) is 2.01. The van der Waals surface area contributed by atoms with Gasteiger partial charge in [-0.05, 0) is 37.5 Å². The second-order valence-electron chi connectivity index (χ2n) is 5.15. The molecule has 0 spiro atoms. The maximum atomic E-state index is 13.9. The van der Waals surface area contributed by atoms with E-state index in [-0.39, 0.29) is 24.4 Å². The van der Waals surface area contributed by atoms with Gasteiger partial charge in [0.15, 0.2) is 0 Å². The molecular formula is C15H16FNO2S. The molecule has 1 amide bonds. The number of hydrogen-bond acceptors (Lipinski definition) is 3. The Hall–Kier alpha value is -1.46. The van der Waals surface area contributed by atoms with Crippen LogP contribution in [0.1, 0.15) is 28.1 Å². The molecule has 2 aromatic rings. The molecule has 5 heteroatoms. The fraction of sp³-hybridized carbons (Fsp3) is 0.400. The number of amides is 1. The van der Waals surface area contributed by atoms with Gasteiger partial charge in [-0.1, -0.05) is 6.07 Å². The van der Waals surface area contributed by atoms with E-state index in [9.17, 15) is 14.3 Å². The van der Waals surface area contributed by atoms with Crippen LogP contribution in [0.25, 0.3) is 10.1 Å². The summed E-state index contributed by atoms with van der Waals surface area (Å²) in [6.45, 7) is 2.45. The number of carbonyl (C=O) groups excluding carboxylic acids is 1. The van der Waals surface area contributed by atoms with Crippen LogP contribution in [0.2, 0.25) is 0 Å². The smallest absolute Gasteiger partial charge is 0.264 e. The molecule has 20 heavy (non-hydrogen) atoms. The average Bonchev–Trinajstić information content (AvgIpc) is 3.03. The molecule has 1 aromatic carbocycles. The largest absolute Gasteiger partial charge is 0.394 e. The van der Waals surface area contributed by atoms with Crippen molar-refractivity contribution < 1.29 is 14.3 Å². The van der Waals surface area contributed by atoms with Gasteiger partial charge in [0.05, 0.1) is 17.5 Å². The summed E-state index contributed by atoms with van der Waals surface area (Å²) in [6, 6.07) is 4.81. The van der Waals surface area contributed by atoms with Crippen molar-refractivity contribution in [3.05, 3.63) is 34.5 Å². The Bertz CT molecular complexity index is 667. The molecule has 3 rings (SSSR count). The third-order valence-corrected chi connectivity index (χ3v) is 5.19. The van der Waals surface area contributed by atoms with Crippen molar-refractivity contribution in [2.45, 2.75) is 25.8 Å². The molecule has 1 unspecified atom stereocenters. The Labute approximate surface area is 120 Å². The highest BCUT2D eigenvalue weighted by atomic mass is 32.1. The minimum Gasteiger partial charge on any atom is -0.394 e. The number of nitrogens with zero attached hydrogens (tertiary/aromatic N) is 1. The van der Waals surface area contributed by atoms with E-state index in [1.807, 2.05) is 6.07 Å². The molecule has 1 atom stereocenters. The standard InChI is InChI=1S/C15H16FNO2S/c1-9-13-11(16)5-2-6-12(13)20-14(9)15(19)17-7-3-4-10(17)8-18/h2,5-6,10,18H,3-4,7-8H2,1H3. The molecule has 2 heterocycles. The molecule has 0 aliphatic carbocycles. The maximum Gasteiger partial charge on any atom is 0.264 e. The zero-order chi connectivity index (χ0) is 14.3. The first kappa shape index (κ1) is 13.5. The number of thiophene rings is 1. The Morgan fingerprint density at radius 3 is 3.05 bits per heavy atom. The summed E-state index contributed by atoms with van der Waals surface area (Å²) < 4.78 is 14.7. The lowest BCUT2D eigenvalue weighted by atomic mass is 10.1. The number of aliphatic hydroxyl groups excluding tert-OH is 1. The van der Waals surface area contributed by atoms with E-state index in [2.05, 4.69) is 0 Å². The minimum absolute atomic E-state index is 0.00988. The molecule has 1 aliphatic rings. The molecule has 0 saturated carbocycles. The van der Waals surface area contributed by atoms with Gasteiger partial charge >= 0.3 is 0 Å². The van der Waals surface area contributed by atoms with Crippen molar-refractivity contribution in [1.29, 1.82) is 0 Å². The highest BCUT2D eigenvalue weighted by Crippen LogP contribution is 2.34. The maximum absolute atomic E-state index is 13.9. The van der Waals surface area contributed by atoms with Gasteiger partial charge in [-0.15, -0.1) is 11.3 Å². The summed E-state index contributed by atoms with van der Waals surface area (Å²) in [5, 5.41) is 9.88. The van der Waals surface area contributed by atoms with Gasteiger partial charge in [0.25, 0.3) is 5.91 Å². The first-order chi connectivity index (χ1) is 9.63. The lowest BCUT2D eigenvalue weighted by Crippen LogP contribution is -2.37. The van der Waals surface area contributed by atoms with Gasteiger partial charge in [0.1, 0.15) is 5.82 Å². The van der Waals surface area contributed by atoms with Crippen molar-refractivity contribution in [1.82, 2.24) is 4.90 Å². The van der Waals surface area contributed by atoms with E-state index in [0.717, 1.165) is 17.5 Å². The van der Waals surface area contributed by atoms with E-state index >= 15 is 0 Å². The fourth-order valence-corrected chi connectivity index (χ4v) is 4.06. The first-order valence-electron chi connectivity index (χ1n) is 6.73. The zero-order valence-electron chi connectivity index (χ0n) is 11.2. The molecule has 106 valence electrons. The van der Waals surface area contributed by atoms with E-state index in [1.165, 1.54) is 17.4 Å². The van der Waals surface area contributed by atoms with Crippen LogP contribution in [-0.2, 0) is 0 Å². The quantitative estimate of drug-likeness (QED) is 0.925. The van der Waals surface area contributed by atoms with Crippen LogP contribution in [-0.4, -0.2) is 35.1 Å². The second kappa shape index (κ2) is 5.14. The number of halogens is 1. The predicted octanol–water partition coefficient (Wildman–Crippen LogP) is 2.95. The van der Waals surface area contributed by atoms with E-state index in [0.29, 0.717) is 22.4 Å². The third-order valence-electron chi connectivity index (χ3n) is 3.95. The molecule has 1 N–H and O–H groups in total. The number of aliphatic hydroxyl groups is 1. The Balaban J connectivity index is 2.04. The van der Waals surface area contributed by atoms with Gasteiger partial charge in [-0.2, -0.15) is 0 Å². The number of hydrogen-bond donors (Lipinski definition) is 1. The van der Waals surface area contributed by atoms with Crippen molar-refractivity contribution >= 4 is 27.3 Å². The molecule has 0 radical (unpaired) electrons. The average molecular weight is 293 g/mol. The number of likely N-dealkylation sites (tertiary alicyclic amines) is 1. The predicted molar refractivity (Wildman–Crippen MR) is 77.7 cm³/mol. The van der Waals surface area contributed by atoms with Crippen LogP contribution >= 0.6 is 11.3 Å². The number of benzene rings is 1. The van der Waals surface area contributed by atoms with Crippen molar-refractivity contribution in [2.24, 2.45) is 0 Å². The lowest BCUT2D eigenvalue weighted by molar-refractivity contribution is 0.0682. The lowest BCUT2D eigenvalue weighted by Gasteiger charge is -2.22. The molecule has 1 aromatic heterocycles. The summed E-state index contributed by atoms with van der Waals surface area (Å²) in [6.07, 6.45) is 1.75. The SMILES string of the molecule is Cc1c(C(=O)N2CCCC2CO)sc2cccc(F)c12. The molecule has 1 saturated heterocycles. The topological polar surface area (TPSA) is 40.5 Å². The van der Waals surface area contributed by atoms with Crippen LogP contribution in [0.3, 0.4) is 0 Å². The summed E-state index contributed by atoms with van der Waals surface area (Å²) in [4.78, 5) is 14.9. The highest BCUT2D eigenvalue weighted by Gasteiger charge is 2.31. The van der Waals surface area contributed by atoms with Gasteiger partial charge in [0.2, 0.25) is 0 Å². The Morgan fingerprint density at radius 2 is 2.35 bits per heavy atom. The first-order valence-corrected chi connectivity index (χ1v) is 7.54. The molecule has 0 bridgehead atoms. The summed E-state index contributed by atoms with van der Waals surface area (Å²) in [5.41, 5.74) is 0.705. The highest BCUT2D eigenvalue weighted by molar-refractivity contribution is 7.21. The van der Waals surface area contributed by atoms with Crippen molar-refractivity contribution in [2.75, 3.05) is 13.2 Å². The van der Waals surface area contributed by atoms with Gasteiger partial charge in [-0.25, -0.2) is 4.39 Å². The van der Waals surface area contributed by atoms with Gasteiger partial charge < -0.3 is 10.0 Å². The van der Waals surface area contributed by atoms with Crippen LogP contribution in [0.15, 0.2) is 18.2 Å². The summed E-state index contributed by atoms with van der Waals surface area (Å²) >= 11 is 1.33. The number of carbonyl (C=O) groups is 1. The normalized spacial score (nSPS) is 18.9. The number of fused-ring (bicyclic) bond motifs is 1. The van der Waals surface area contributed by atoms with Crippen LogP contribution in [0.4, 0.5) is 4.39 Å². The summed E-state index contributed by atoms with van der Waals surface area (Å²) in [5.74, 6) is -0.366. The van der Waals surface area contributed by atoms with Crippen LogP contribution < -0.4 is 0 Å². The monoisotopic (exact) mass is 293 g/mol. The van der Waals surface area contributed by atoms with Crippen molar-refractivity contribution in [3.63, 3.8) is 0 Å². The number of aryl methyl sites for hydroxylation is 1. The van der Waals surface area contributed by atoms with E-state index in [4.69, 9.17) is 0 Å². The van der Waals surface area contributed by atoms with E-state index < -0.39 is 0 Å². The van der Waals surface area contributed by atoms with Gasteiger partial charge in [-0.3, -0.25) is 4.79 Å². The summed E-state index contributed by atoms with van der Waals surface area (Å²) in [7, 11) is 0. The molecular weight excluding hydrogens is 277 g/mol. The van der Waals surface area contributed by atoms with Gasteiger partial charge in [0, 0.05) is 16.6 Å². The van der Waals surface area contributed by atoms with Crippen LogP contribution in [0, 0.1) is 12.7 Å². The molecule has 1 fully saturated rings. The Morgan fingerprint density at radius 1 is 1.55 bits per heavy atom. The second-order valence-corrected chi connectivity index (χ2v) is 6.20. The van der Waals surface area contributed by atoms with E-state index in [1.54, 1.807) is 17.9 Å². The van der Waals surface area contributed by atoms with Crippen molar-refractivity contribution in [3.8, 4) is 0 Å². The minimum atomic E-state index is -0.282. The Kier molecular flexibility index (Phi) is 3.48.